The molecule has 0 amide bonds. The third kappa shape index (κ3) is 0.845. The molecule has 1 N–H and O–H groups in total. The SMILES string of the molecule is CS[C@H]1[C@@H](F)[C@@H]1CO. The fourth-order valence-corrected chi connectivity index (χ4v) is 1.77. The van der Waals surface area contributed by atoms with Crippen molar-refractivity contribution in [3.05, 3.63) is 0 Å². The van der Waals surface area contributed by atoms with Crippen LogP contribution in [0.4, 0.5) is 4.39 Å². The summed E-state index contributed by atoms with van der Waals surface area (Å²) in [6.45, 7) is 0.00662. The highest BCUT2D eigenvalue weighted by Crippen LogP contribution is 2.42. The van der Waals surface area contributed by atoms with Gasteiger partial charge in [0, 0.05) is 17.8 Å². The van der Waals surface area contributed by atoms with E-state index in [4.69, 9.17) is 5.11 Å². The van der Waals surface area contributed by atoms with Crippen molar-refractivity contribution in [1.82, 2.24) is 0 Å². The lowest BCUT2D eigenvalue weighted by Gasteiger charge is -1.83. The van der Waals surface area contributed by atoms with Crippen LogP contribution in [0, 0.1) is 5.92 Å². The van der Waals surface area contributed by atoms with E-state index in [0.717, 1.165) is 0 Å². The maximum Gasteiger partial charge on any atom is 0.119 e. The van der Waals surface area contributed by atoms with E-state index in [0.29, 0.717) is 0 Å². The Hall–Kier alpha value is 0.240. The van der Waals surface area contributed by atoms with Gasteiger partial charge in [-0.25, -0.2) is 4.39 Å². The molecule has 0 aliphatic heterocycles. The van der Waals surface area contributed by atoms with Crippen molar-refractivity contribution in [2.75, 3.05) is 12.9 Å². The number of hydrogen-bond donors (Lipinski definition) is 1. The fourth-order valence-electron chi connectivity index (χ4n) is 0.812. The van der Waals surface area contributed by atoms with Gasteiger partial charge in [0.25, 0.3) is 0 Å². The summed E-state index contributed by atoms with van der Waals surface area (Å²) in [5.74, 6) is -0.0648. The molecule has 8 heavy (non-hydrogen) atoms. The predicted molar refractivity (Wildman–Crippen MR) is 32.8 cm³/mol. The standard InChI is InChI=1S/C5H9FOS/c1-8-5-3(2-7)4(5)6/h3-5,7H,2H2,1H3/t3-,4-,5+/m0/s1. The van der Waals surface area contributed by atoms with Gasteiger partial charge in [-0.05, 0) is 6.26 Å². The van der Waals surface area contributed by atoms with Crippen molar-refractivity contribution in [3.8, 4) is 0 Å². The molecule has 3 atom stereocenters. The van der Waals surface area contributed by atoms with Crippen LogP contribution in [0.2, 0.25) is 0 Å². The van der Waals surface area contributed by atoms with E-state index in [9.17, 15) is 4.39 Å². The number of alkyl halides is 1. The molecule has 1 aliphatic rings. The molecule has 1 fully saturated rings. The van der Waals surface area contributed by atoms with E-state index in [2.05, 4.69) is 0 Å². The maximum atomic E-state index is 12.3. The third-order valence-electron chi connectivity index (χ3n) is 1.49. The molecule has 0 saturated heterocycles. The van der Waals surface area contributed by atoms with E-state index in [-0.39, 0.29) is 17.8 Å². The Morgan fingerprint density at radius 2 is 2.38 bits per heavy atom. The normalized spacial score (nSPS) is 44.6. The first-order valence-corrected chi connectivity index (χ1v) is 3.87. The summed E-state index contributed by atoms with van der Waals surface area (Å²) in [4.78, 5) is 0. The van der Waals surface area contributed by atoms with Crippen LogP contribution < -0.4 is 0 Å². The van der Waals surface area contributed by atoms with Gasteiger partial charge in [0.2, 0.25) is 0 Å². The second-order valence-corrected chi connectivity index (χ2v) is 3.01. The third-order valence-corrected chi connectivity index (χ3v) is 2.64. The zero-order chi connectivity index (χ0) is 6.15. The van der Waals surface area contributed by atoms with Gasteiger partial charge in [-0.15, -0.1) is 0 Å². The van der Waals surface area contributed by atoms with Crippen molar-refractivity contribution in [1.29, 1.82) is 0 Å². The van der Waals surface area contributed by atoms with Gasteiger partial charge in [-0.1, -0.05) is 0 Å². The van der Waals surface area contributed by atoms with Gasteiger partial charge < -0.3 is 5.11 Å². The lowest BCUT2D eigenvalue weighted by atomic mass is 10.5. The number of halogens is 1. The summed E-state index contributed by atoms with van der Waals surface area (Å²) < 4.78 is 12.3. The first kappa shape index (κ1) is 6.36. The average Bonchev–Trinajstić information content (AvgIpc) is 2.40. The smallest absolute Gasteiger partial charge is 0.119 e. The average molecular weight is 136 g/mol. The number of rotatable bonds is 2. The fraction of sp³-hybridized carbons (Fsp3) is 1.00. The van der Waals surface area contributed by atoms with Crippen LogP contribution in [0.3, 0.4) is 0 Å². The van der Waals surface area contributed by atoms with Gasteiger partial charge in [-0.2, -0.15) is 11.8 Å². The molecular weight excluding hydrogens is 127 g/mol. The number of hydrogen-bond acceptors (Lipinski definition) is 2. The molecule has 48 valence electrons. The largest absolute Gasteiger partial charge is 0.396 e. The quantitative estimate of drug-likeness (QED) is 0.602. The van der Waals surface area contributed by atoms with Gasteiger partial charge in [-0.3, -0.25) is 0 Å². The molecule has 1 saturated carbocycles. The second kappa shape index (κ2) is 2.23. The zero-order valence-electron chi connectivity index (χ0n) is 4.67. The predicted octanol–water partition coefficient (Wildman–Crippen LogP) is 0.678. The lowest BCUT2D eigenvalue weighted by Crippen LogP contribution is -1.87. The molecule has 1 nitrogen and oxygen atoms in total. The van der Waals surface area contributed by atoms with Gasteiger partial charge >= 0.3 is 0 Å². The van der Waals surface area contributed by atoms with Crippen molar-refractivity contribution in [2.45, 2.75) is 11.4 Å². The second-order valence-electron chi connectivity index (χ2n) is 1.99. The Labute approximate surface area is 52.3 Å². The summed E-state index contributed by atoms with van der Waals surface area (Å²) in [7, 11) is 0. The molecule has 0 heterocycles. The number of aliphatic hydroxyl groups excluding tert-OH is 1. The molecule has 3 heteroatoms. The van der Waals surface area contributed by atoms with E-state index in [1.165, 1.54) is 11.8 Å². The van der Waals surface area contributed by atoms with Crippen molar-refractivity contribution in [2.24, 2.45) is 5.92 Å². The Morgan fingerprint density at radius 3 is 2.50 bits per heavy atom. The maximum absolute atomic E-state index is 12.3. The Morgan fingerprint density at radius 1 is 1.75 bits per heavy atom. The summed E-state index contributed by atoms with van der Waals surface area (Å²) in [5, 5.41) is 8.51. The Balaban J connectivity index is 2.23. The molecule has 0 unspecified atom stereocenters. The first-order valence-electron chi connectivity index (χ1n) is 2.59. The van der Waals surface area contributed by atoms with Crippen LogP contribution in [0.5, 0.6) is 0 Å². The van der Waals surface area contributed by atoms with Crippen molar-refractivity contribution >= 4 is 11.8 Å². The minimum absolute atomic E-state index is 0.00662. The van der Waals surface area contributed by atoms with Crippen LogP contribution in [-0.4, -0.2) is 29.4 Å². The van der Waals surface area contributed by atoms with Crippen LogP contribution >= 0.6 is 11.8 Å². The van der Waals surface area contributed by atoms with Crippen LogP contribution in [0.25, 0.3) is 0 Å². The summed E-state index contributed by atoms with van der Waals surface area (Å²) in [6, 6.07) is 0. The minimum atomic E-state index is -0.741. The van der Waals surface area contributed by atoms with Crippen molar-refractivity contribution in [3.63, 3.8) is 0 Å². The number of thioether (sulfide) groups is 1. The van der Waals surface area contributed by atoms with Gasteiger partial charge in [0.05, 0.1) is 0 Å². The molecule has 0 aromatic heterocycles. The Bertz CT molecular complexity index is 78.5. The summed E-state index contributed by atoms with van der Waals surface area (Å²) in [6.07, 6.45) is 1.13. The van der Waals surface area contributed by atoms with Crippen LogP contribution in [0.1, 0.15) is 0 Å². The molecule has 0 radical (unpaired) electrons. The van der Waals surface area contributed by atoms with Crippen LogP contribution in [-0.2, 0) is 0 Å². The number of aliphatic hydroxyl groups is 1. The van der Waals surface area contributed by atoms with E-state index in [1.807, 2.05) is 6.26 Å². The first-order chi connectivity index (χ1) is 3.81. The monoisotopic (exact) mass is 136 g/mol. The minimum Gasteiger partial charge on any atom is -0.396 e. The van der Waals surface area contributed by atoms with Gasteiger partial charge in [0.15, 0.2) is 0 Å². The summed E-state index contributed by atoms with van der Waals surface area (Å²) in [5.41, 5.74) is 0. The molecule has 1 aliphatic carbocycles. The van der Waals surface area contributed by atoms with E-state index >= 15 is 0 Å². The summed E-state index contributed by atoms with van der Waals surface area (Å²) >= 11 is 1.50. The highest BCUT2D eigenvalue weighted by molar-refractivity contribution is 7.99. The van der Waals surface area contributed by atoms with Gasteiger partial charge in [0.1, 0.15) is 6.17 Å². The van der Waals surface area contributed by atoms with E-state index in [1.54, 1.807) is 0 Å². The highest BCUT2D eigenvalue weighted by atomic mass is 32.2. The molecule has 1 rings (SSSR count). The molecule has 0 bridgehead atoms. The van der Waals surface area contributed by atoms with Crippen LogP contribution in [0.15, 0.2) is 0 Å². The highest BCUT2D eigenvalue weighted by Gasteiger charge is 2.50. The Kier molecular flexibility index (Phi) is 1.77. The van der Waals surface area contributed by atoms with E-state index < -0.39 is 6.17 Å². The van der Waals surface area contributed by atoms with Crippen molar-refractivity contribution < 1.29 is 9.50 Å². The molecular formula is C5H9FOS. The zero-order valence-corrected chi connectivity index (χ0v) is 5.49. The molecule has 0 aromatic carbocycles. The topological polar surface area (TPSA) is 20.2 Å². The molecule has 0 spiro atoms. The lowest BCUT2D eigenvalue weighted by molar-refractivity contribution is 0.258. The molecule has 0 aromatic rings.